The number of fused-ring (bicyclic) bond motifs is 1. The van der Waals surface area contributed by atoms with Crippen LogP contribution in [0.5, 0.6) is 0 Å². The molecule has 1 aromatic carbocycles. The molecule has 1 aromatic heterocycles. The highest BCUT2D eigenvalue weighted by atomic mass is 79.9. The first-order valence-corrected chi connectivity index (χ1v) is 6.89. The van der Waals surface area contributed by atoms with E-state index in [0.717, 1.165) is 21.1 Å². The standard InChI is InChI=1S/C14H15BrN2O2/c1-9(5-6-13(18)19)17-14-11-3-2-4-12(15)10(11)7-8-16-14/h2-4,7-9H,5-6H2,1H3,(H,16,17)(H,18,19). The molecule has 0 amide bonds. The van der Waals surface area contributed by atoms with Gasteiger partial charge in [-0.05, 0) is 25.5 Å². The van der Waals surface area contributed by atoms with Crippen molar-refractivity contribution in [2.24, 2.45) is 0 Å². The van der Waals surface area contributed by atoms with Crippen molar-refractivity contribution in [1.82, 2.24) is 4.98 Å². The van der Waals surface area contributed by atoms with E-state index in [1.807, 2.05) is 31.2 Å². The van der Waals surface area contributed by atoms with Gasteiger partial charge in [0, 0.05) is 33.9 Å². The summed E-state index contributed by atoms with van der Waals surface area (Å²) in [5.74, 6) is 0.0129. The lowest BCUT2D eigenvalue weighted by Gasteiger charge is -2.15. The lowest BCUT2D eigenvalue weighted by molar-refractivity contribution is -0.137. The van der Waals surface area contributed by atoms with Gasteiger partial charge in [0.2, 0.25) is 0 Å². The summed E-state index contributed by atoms with van der Waals surface area (Å²) in [5.41, 5.74) is 0. The Morgan fingerprint density at radius 2 is 2.21 bits per heavy atom. The molecule has 0 spiro atoms. The van der Waals surface area contributed by atoms with Gasteiger partial charge in [-0.1, -0.05) is 28.1 Å². The zero-order valence-electron chi connectivity index (χ0n) is 10.6. The van der Waals surface area contributed by atoms with Gasteiger partial charge in [-0.2, -0.15) is 0 Å². The quantitative estimate of drug-likeness (QED) is 0.881. The molecular weight excluding hydrogens is 308 g/mol. The number of carboxylic acids is 1. The smallest absolute Gasteiger partial charge is 0.303 e. The molecule has 0 aliphatic carbocycles. The topological polar surface area (TPSA) is 62.2 Å². The Morgan fingerprint density at radius 1 is 1.42 bits per heavy atom. The zero-order valence-corrected chi connectivity index (χ0v) is 12.1. The van der Waals surface area contributed by atoms with Gasteiger partial charge in [-0.25, -0.2) is 4.98 Å². The van der Waals surface area contributed by atoms with E-state index in [1.165, 1.54) is 0 Å². The minimum absolute atomic E-state index is 0.0631. The van der Waals surface area contributed by atoms with E-state index in [4.69, 9.17) is 5.11 Å². The summed E-state index contributed by atoms with van der Waals surface area (Å²) in [7, 11) is 0. The fourth-order valence-electron chi connectivity index (χ4n) is 1.93. The monoisotopic (exact) mass is 322 g/mol. The molecule has 0 radical (unpaired) electrons. The number of hydrogen-bond donors (Lipinski definition) is 2. The first-order chi connectivity index (χ1) is 9.08. The minimum Gasteiger partial charge on any atom is -0.481 e. The minimum atomic E-state index is -0.776. The molecule has 0 bridgehead atoms. The number of anilines is 1. The van der Waals surface area contributed by atoms with Gasteiger partial charge in [-0.3, -0.25) is 4.79 Å². The number of carboxylic acid groups (broad SMARTS) is 1. The van der Waals surface area contributed by atoms with Gasteiger partial charge in [0.1, 0.15) is 5.82 Å². The third kappa shape index (κ3) is 3.44. The molecule has 2 rings (SSSR count). The molecule has 1 heterocycles. The lowest BCUT2D eigenvalue weighted by atomic mass is 10.1. The third-order valence-corrected chi connectivity index (χ3v) is 3.62. The number of pyridine rings is 1. The summed E-state index contributed by atoms with van der Waals surface area (Å²) in [5, 5.41) is 14.1. The summed E-state index contributed by atoms with van der Waals surface area (Å²) in [6, 6.07) is 7.96. The van der Waals surface area contributed by atoms with Crippen LogP contribution in [0.3, 0.4) is 0 Å². The van der Waals surface area contributed by atoms with Gasteiger partial charge in [-0.15, -0.1) is 0 Å². The molecular formula is C14H15BrN2O2. The SMILES string of the molecule is CC(CCC(=O)O)Nc1nccc2c(Br)cccc12. The number of carbonyl (C=O) groups is 1. The van der Waals surface area contributed by atoms with Crippen LogP contribution >= 0.6 is 15.9 Å². The zero-order chi connectivity index (χ0) is 13.8. The van der Waals surface area contributed by atoms with Gasteiger partial charge >= 0.3 is 5.97 Å². The number of aromatic nitrogens is 1. The largest absolute Gasteiger partial charge is 0.481 e. The van der Waals surface area contributed by atoms with Crippen LogP contribution in [-0.2, 0) is 4.79 Å². The number of aliphatic carboxylic acids is 1. The van der Waals surface area contributed by atoms with E-state index in [9.17, 15) is 4.79 Å². The Kier molecular flexibility index (Phi) is 4.37. The first kappa shape index (κ1) is 13.8. The third-order valence-electron chi connectivity index (χ3n) is 2.93. The van der Waals surface area contributed by atoms with Gasteiger partial charge in [0.25, 0.3) is 0 Å². The Bertz CT molecular complexity index is 601. The molecule has 1 unspecified atom stereocenters. The van der Waals surface area contributed by atoms with E-state index in [-0.39, 0.29) is 12.5 Å². The maximum Gasteiger partial charge on any atom is 0.303 e. The van der Waals surface area contributed by atoms with Crippen LogP contribution in [0.4, 0.5) is 5.82 Å². The van der Waals surface area contributed by atoms with Crippen molar-refractivity contribution in [2.75, 3.05) is 5.32 Å². The van der Waals surface area contributed by atoms with Crippen molar-refractivity contribution in [1.29, 1.82) is 0 Å². The number of hydrogen-bond acceptors (Lipinski definition) is 3. The van der Waals surface area contributed by atoms with Crippen LogP contribution in [0.15, 0.2) is 34.9 Å². The molecule has 0 saturated carbocycles. The van der Waals surface area contributed by atoms with E-state index in [0.29, 0.717) is 6.42 Å². The highest BCUT2D eigenvalue weighted by molar-refractivity contribution is 9.10. The summed E-state index contributed by atoms with van der Waals surface area (Å²) < 4.78 is 1.02. The Balaban J connectivity index is 2.21. The fourth-order valence-corrected chi connectivity index (χ4v) is 2.43. The van der Waals surface area contributed by atoms with Crippen LogP contribution in [0, 0.1) is 0 Å². The van der Waals surface area contributed by atoms with Crippen molar-refractivity contribution in [3.63, 3.8) is 0 Å². The van der Waals surface area contributed by atoms with E-state index >= 15 is 0 Å². The molecule has 2 aromatic rings. The normalized spacial score (nSPS) is 12.3. The summed E-state index contributed by atoms with van der Waals surface area (Å²) >= 11 is 3.51. The molecule has 1 atom stereocenters. The molecule has 2 N–H and O–H groups in total. The second-order valence-electron chi connectivity index (χ2n) is 4.47. The Labute approximate surface area is 120 Å². The van der Waals surface area contributed by atoms with Crippen molar-refractivity contribution in [3.05, 3.63) is 34.9 Å². The van der Waals surface area contributed by atoms with Crippen LogP contribution in [0.2, 0.25) is 0 Å². The summed E-state index contributed by atoms with van der Waals surface area (Å²) in [4.78, 5) is 14.9. The molecule has 19 heavy (non-hydrogen) atoms. The molecule has 0 fully saturated rings. The average Bonchev–Trinajstić information content (AvgIpc) is 2.38. The predicted octanol–water partition coefficient (Wildman–Crippen LogP) is 3.66. The van der Waals surface area contributed by atoms with Crippen molar-refractivity contribution >= 4 is 38.5 Å². The van der Waals surface area contributed by atoms with Crippen molar-refractivity contribution in [2.45, 2.75) is 25.8 Å². The van der Waals surface area contributed by atoms with Crippen LogP contribution in [0.25, 0.3) is 10.8 Å². The highest BCUT2D eigenvalue weighted by Gasteiger charge is 2.09. The molecule has 0 saturated heterocycles. The second kappa shape index (κ2) is 6.02. The number of halogens is 1. The predicted molar refractivity (Wildman–Crippen MR) is 79.4 cm³/mol. The summed E-state index contributed by atoms with van der Waals surface area (Å²) in [6.45, 7) is 1.96. The molecule has 0 aliphatic rings. The van der Waals surface area contributed by atoms with Crippen LogP contribution in [0.1, 0.15) is 19.8 Å². The molecule has 4 nitrogen and oxygen atoms in total. The van der Waals surface area contributed by atoms with Crippen molar-refractivity contribution in [3.8, 4) is 0 Å². The maximum absolute atomic E-state index is 10.6. The average molecular weight is 323 g/mol. The van der Waals surface area contributed by atoms with E-state index in [1.54, 1.807) is 6.20 Å². The number of nitrogens with one attached hydrogen (secondary N) is 1. The van der Waals surface area contributed by atoms with Gasteiger partial charge < -0.3 is 10.4 Å². The fraction of sp³-hybridized carbons (Fsp3) is 0.286. The van der Waals surface area contributed by atoms with Gasteiger partial charge in [0.15, 0.2) is 0 Å². The number of rotatable bonds is 5. The summed E-state index contributed by atoms with van der Waals surface area (Å²) in [6.07, 6.45) is 2.48. The van der Waals surface area contributed by atoms with Crippen LogP contribution < -0.4 is 5.32 Å². The number of benzene rings is 1. The Hall–Kier alpha value is -1.62. The number of nitrogens with zero attached hydrogens (tertiary/aromatic N) is 1. The highest BCUT2D eigenvalue weighted by Crippen LogP contribution is 2.28. The molecule has 5 heteroatoms. The van der Waals surface area contributed by atoms with Gasteiger partial charge in [0.05, 0.1) is 0 Å². The van der Waals surface area contributed by atoms with Crippen molar-refractivity contribution < 1.29 is 9.90 Å². The molecule has 100 valence electrons. The molecule has 0 aliphatic heterocycles. The second-order valence-corrected chi connectivity index (χ2v) is 5.33. The lowest BCUT2D eigenvalue weighted by Crippen LogP contribution is -2.17. The maximum atomic E-state index is 10.6. The van der Waals surface area contributed by atoms with Crippen LogP contribution in [-0.4, -0.2) is 22.1 Å². The van der Waals surface area contributed by atoms with E-state index in [2.05, 4.69) is 26.2 Å². The Morgan fingerprint density at radius 3 is 2.95 bits per heavy atom. The van der Waals surface area contributed by atoms with E-state index < -0.39 is 5.97 Å². The first-order valence-electron chi connectivity index (χ1n) is 6.09.